The van der Waals surface area contributed by atoms with Gasteiger partial charge in [0.25, 0.3) is 0 Å². The van der Waals surface area contributed by atoms with Gasteiger partial charge in [0.2, 0.25) is 10.0 Å². The van der Waals surface area contributed by atoms with Crippen LogP contribution in [0.25, 0.3) is 11.0 Å². The topological polar surface area (TPSA) is 161 Å². The van der Waals surface area contributed by atoms with Crippen molar-refractivity contribution in [3.8, 4) is 0 Å². The molecule has 2 aliphatic rings. The molecule has 3 heterocycles. The van der Waals surface area contributed by atoms with Gasteiger partial charge >= 0.3 is 6.09 Å². The zero-order valence-electron chi connectivity index (χ0n) is 23.6. The van der Waals surface area contributed by atoms with Crippen LogP contribution in [0.5, 0.6) is 0 Å². The van der Waals surface area contributed by atoms with E-state index in [1.165, 1.54) is 22.5 Å². The second kappa shape index (κ2) is 13.1. The van der Waals surface area contributed by atoms with Gasteiger partial charge in [-0.15, -0.1) is 0 Å². The van der Waals surface area contributed by atoms with Gasteiger partial charge < -0.3 is 34.3 Å². The fourth-order valence-corrected chi connectivity index (χ4v) is 7.08. The zero-order valence-corrected chi connectivity index (χ0v) is 24.4. The Morgan fingerprint density at radius 3 is 2.69 bits per heavy atom. The van der Waals surface area contributed by atoms with Gasteiger partial charge in [-0.3, -0.25) is 0 Å². The van der Waals surface area contributed by atoms with Gasteiger partial charge in [-0.2, -0.15) is 4.31 Å². The Balaban J connectivity index is 1.36. The monoisotopic (exact) mass is 603 g/mol. The van der Waals surface area contributed by atoms with Crippen molar-refractivity contribution < 1.29 is 42.2 Å². The molecular formula is C29H37N3O9S. The number of sulfonamides is 1. The summed E-state index contributed by atoms with van der Waals surface area (Å²) in [7, 11) is -4.10. The van der Waals surface area contributed by atoms with E-state index in [4.69, 9.17) is 18.7 Å². The van der Waals surface area contributed by atoms with E-state index >= 15 is 0 Å². The molecule has 5 rings (SSSR count). The Morgan fingerprint density at radius 2 is 1.95 bits per heavy atom. The highest BCUT2D eigenvalue weighted by molar-refractivity contribution is 7.89. The fourth-order valence-electron chi connectivity index (χ4n) is 5.43. The Morgan fingerprint density at radius 1 is 1.17 bits per heavy atom. The summed E-state index contributed by atoms with van der Waals surface area (Å²) >= 11 is 0. The number of rotatable bonds is 12. The van der Waals surface area contributed by atoms with Gasteiger partial charge in [0.1, 0.15) is 11.8 Å². The van der Waals surface area contributed by atoms with Crippen LogP contribution in [0.4, 0.5) is 4.79 Å². The van der Waals surface area contributed by atoms with Crippen molar-refractivity contribution in [3.63, 3.8) is 0 Å². The summed E-state index contributed by atoms with van der Waals surface area (Å²) in [6.45, 7) is 3.96. The number of amides is 1. The third-order valence-corrected chi connectivity index (χ3v) is 9.40. The third kappa shape index (κ3) is 6.77. The van der Waals surface area contributed by atoms with Gasteiger partial charge in [-0.25, -0.2) is 13.2 Å². The van der Waals surface area contributed by atoms with Crippen LogP contribution in [0.15, 0.2) is 57.9 Å². The molecular weight excluding hydrogens is 566 g/mol. The summed E-state index contributed by atoms with van der Waals surface area (Å²) in [4.78, 5) is 13.0. The number of ether oxygens (including phenoxy) is 3. The number of carbonyl (C=O) groups excluding carboxylic acids is 1. The molecule has 1 amide bonds. The van der Waals surface area contributed by atoms with Crippen molar-refractivity contribution in [1.29, 1.82) is 0 Å². The van der Waals surface area contributed by atoms with Crippen LogP contribution in [0.3, 0.4) is 0 Å². The molecule has 0 spiro atoms. The van der Waals surface area contributed by atoms with Crippen molar-refractivity contribution in [1.82, 2.24) is 14.8 Å². The number of aliphatic hydroxyl groups excluding tert-OH is 2. The molecule has 42 heavy (non-hydrogen) atoms. The van der Waals surface area contributed by atoms with Crippen LogP contribution < -0.4 is 5.32 Å². The first-order valence-corrected chi connectivity index (χ1v) is 15.5. The lowest BCUT2D eigenvalue weighted by molar-refractivity contribution is -0.0907. The van der Waals surface area contributed by atoms with E-state index in [9.17, 15) is 23.4 Å². The molecule has 2 aliphatic heterocycles. The Bertz CT molecular complexity index is 1460. The molecule has 228 valence electrons. The maximum atomic E-state index is 13.9. The van der Waals surface area contributed by atoms with Crippen LogP contribution >= 0.6 is 0 Å². The molecule has 13 heteroatoms. The van der Waals surface area contributed by atoms with Gasteiger partial charge in [0, 0.05) is 18.5 Å². The second-order valence-electron chi connectivity index (χ2n) is 11.1. The van der Waals surface area contributed by atoms with Crippen LogP contribution in [-0.2, 0) is 37.3 Å². The van der Waals surface area contributed by atoms with Crippen molar-refractivity contribution in [3.05, 3.63) is 59.8 Å². The number of aliphatic hydroxyl groups is 2. The van der Waals surface area contributed by atoms with E-state index in [-0.39, 0.29) is 54.8 Å². The predicted molar refractivity (Wildman–Crippen MR) is 151 cm³/mol. The van der Waals surface area contributed by atoms with E-state index in [0.29, 0.717) is 17.6 Å². The normalized spacial score (nSPS) is 22.0. The molecule has 2 saturated heterocycles. The summed E-state index contributed by atoms with van der Waals surface area (Å²) in [5.41, 5.74) is 1.43. The number of hydrogen-bond donors (Lipinski definition) is 3. The summed E-state index contributed by atoms with van der Waals surface area (Å²) in [5.74, 6) is -0.109. The third-order valence-electron chi connectivity index (χ3n) is 7.57. The minimum absolute atomic E-state index is 0.0256. The molecule has 3 aromatic rings. The van der Waals surface area contributed by atoms with E-state index in [0.717, 1.165) is 12.0 Å². The van der Waals surface area contributed by atoms with Crippen LogP contribution in [-0.4, -0.2) is 85.0 Å². The minimum Gasteiger partial charge on any atom is -0.443 e. The fraction of sp³-hybridized carbons (Fsp3) is 0.517. The number of aromatic nitrogens is 1. The highest BCUT2D eigenvalue weighted by Gasteiger charge is 2.44. The van der Waals surface area contributed by atoms with Gasteiger partial charge in [-0.1, -0.05) is 49.3 Å². The predicted octanol–water partition coefficient (Wildman–Crippen LogP) is 2.43. The number of fused-ring (bicyclic) bond motifs is 2. The number of benzene rings is 2. The van der Waals surface area contributed by atoms with Crippen molar-refractivity contribution in [2.75, 3.05) is 26.3 Å². The highest BCUT2D eigenvalue weighted by atomic mass is 32.2. The Hall–Kier alpha value is -3.07. The lowest BCUT2D eigenvalue weighted by Crippen LogP contribution is -2.51. The molecule has 2 aromatic carbocycles. The Labute approximate surface area is 244 Å². The number of hydrogen-bond acceptors (Lipinski definition) is 10. The SMILES string of the molecule is CC(C)CN(C[C@@H](O)[C@H](Cc1ccccc1)NC(=O)O[C@H]1CO[C@H]2OCC[C@H]21)S(=O)(=O)c1ccc2onc(CO)c2c1. The number of carbonyl (C=O) groups is 1. The molecule has 0 saturated carbocycles. The van der Waals surface area contributed by atoms with Crippen molar-refractivity contribution in [2.24, 2.45) is 11.8 Å². The first-order chi connectivity index (χ1) is 20.2. The highest BCUT2D eigenvalue weighted by Crippen LogP contribution is 2.33. The Kier molecular flexibility index (Phi) is 9.45. The van der Waals surface area contributed by atoms with E-state index in [1.54, 1.807) is 0 Å². The smallest absolute Gasteiger partial charge is 0.407 e. The molecule has 3 N–H and O–H groups in total. The number of nitrogens with one attached hydrogen (secondary N) is 1. The quantitative estimate of drug-likeness (QED) is 0.280. The van der Waals surface area contributed by atoms with Gasteiger partial charge in [0.15, 0.2) is 11.9 Å². The van der Waals surface area contributed by atoms with Crippen LogP contribution in [0.2, 0.25) is 0 Å². The standard InChI is InChI=1S/C29H37N3O9S/c1-18(2)14-32(42(36,37)20-8-9-26-22(13-20)24(16-33)31-41-26)15-25(34)23(12-19-6-4-3-5-7-19)30-29(35)40-27-17-39-28-21(27)10-11-38-28/h3-9,13,18,21,23,25,27-28,33-34H,10-12,14-17H2,1-2H3,(H,30,35)/t21-,23-,25+,27-,28+/m0/s1. The van der Waals surface area contributed by atoms with E-state index < -0.39 is 41.0 Å². The molecule has 5 atom stereocenters. The first kappa shape index (κ1) is 30.4. The van der Waals surface area contributed by atoms with Gasteiger partial charge in [-0.05, 0) is 42.5 Å². The van der Waals surface area contributed by atoms with Crippen LogP contribution in [0.1, 0.15) is 31.5 Å². The lowest BCUT2D eigenvalue weighted by atomic mass is 10.0. The number of nitrogens with zero attached hydrogens (tertiary/aromatic N) is 2. The molecule has 0 aliphatic carbocycles. The maximum absolute atomic E-state index is 13.9. The molecule has 0 unspecified atom stereocenters. The molecule has 1 aromatic heterocycles. The summed E-state index contributed by atoms with van der Waals surface area (Å²) in [6.07, 6.45) is -1.88. The summed E-state index contributed by atoms with van der Waals surface area (Å²) in [6, 6.07) is 12.8. The van der Waals surface area contributed by atoms with Crippen LogP contribution in [0, 0.1) is 11.8 Å². The molecule has 0 radical (unpaired) electrons. The minimum atomic E-state index is -4.10. The van der Waals surface area contributed by atoms with Crippen molar-refractivity contribution >= 4 is 27.1 Å². The molecule has 2 fully saturated rings. The average Bonchev–Trinajstić information content (AvgIpc) is 3.69. The average molecular weight is 604 g/mol. The summed E-state index contributed by atoms with van der Waals surface area (Å²) < 4.78 is 50.9. The first-order valence-electron chi connectivity index (χ1n) is 14.1. The lowest BCUT2D eigenvalue weighted by Gasteiger charge is -2.31. The molecule has 12 nitrogen and oxygen atoms in total. The largest absolute Gasteiger partial charge is 0.443 e. The maximum Gasteiger partial charge on any atom is 0.407 e. The summed E-state index contributed by atoms with van der Waals surface area (Å²) in [5, 5.41) is 28.0. The number of alkyl carbamates (subject to hydrolysis) is 1. The van der Waals surface area contributed by atoms with E-state index in [1.807, 2.05) is 44.2 Å². The van der Waals surface area contributed by atoms with E-state index in [2.05, 4.69) is 10.5 Å². The molecule has 0 bridgehead atoms. The van der Waals surface area contributed by atoms with Gasteiger partial charge in [0.05, 0.1) is 42.8 Å². The second-order valence-corrected chi connectivity index (χ2v) is 13.1. The van der Waals surface area contributed by atoms with Crippen molar-refractivity contribution in [2.45, 2.75) is 62.7 Å². The zero-order chi connectivity index (χ0) is 29.9.